The summed E-state index contributed by atoms with van der Waals surface area (Å²) in [5.74, 6) is 0.992. The molecule has 4 rings (SSSR count). The number of nitrogens with zero attached hydrogens (tertiary/aromatic N) is 2. The van der Waals surface area contributed by atoms with Gasteiger partial charge in [-0.1, -0.05) is 36.4 Å². The van der Waals surface area contributed by atoms with Gasteiger partial charge in [-0.25, -0.2) is 4.98 Å². The quantitative estimate of drug-likeness (QED) is 0.535. The van der Waals surface area contributed by atoms with E-state index in [1.54, 1.807) is 13.3 Å². The summed E-state index contributed by atoms with van der Waals surface area (Å²) in [7, 11) is 1.66. The van der Waals surface area contributed by atoms with Gasteiger partial charge in [0.25, 0.3) is 0 Å². The van der Waals surface area contributed by atoms with Gasteiger partial charge in [0, 0.05) is 40.9 Å². The molecule has 0 saturated heterocycles. The molecule has 28 heavy (non-hydrogen) atoms. The third kappa shape index (κ3) is 3.54. The highest BCUT2D eigenvalue weighted by molar-refractivity contribution is 5.86. The second kappa shape index (κ2) is 7.69. The molecule has 2 aromatic heterocycles. The fourth-order valence-corrected chi connectivity index (χ4v) is 3.54. The molecule has 1 N–H and O–H groups in total. The van der Waals surface area contributed by atoms with Crippen molar-refractivity contribution in [1.29, 1.82) is 0 Å². The average molecular weight is 370 g/mol. The summed E-state index contributed by atoms with van der Waals surface area (Å²) in [5, 5.41) is 12.0. The Bertz CT molecular complexity index is 1090. The zero-order chi connectivity index (χ0) is 19.5. The number of benzene rings is 2. The second-order valence-corrected chi connectivity index (χ2v) is 6.88. The van der Waals surface area contributed by atoms with Crippen molar-refractivity contribution < 1.29 is 9.84 Å². The molecule has 0 amide bonds. The summed E-state index contributed by atoms with van der Waals surface area (Å²) in [5.41, 5.74) is 4.43. The lowest BCUT2D eigenvalue weighted by Crippen LogP contribution is -2.07. The Balaban J connectivity index is 1.84. The summed E-state index contributed by atoms with van der Waals surface area (Å²) in [6, 6.07) is 21.8. The molecule has 0 aliphatic carbocycles. The number of pyridine rings is 2. The van der Waals surface area contributed by atoms with Crippen LogP contribution in [-0.4, -0.2) is 22.2 Å². The first-order chi connectivity index (χ1) is 13.7. The average Bonchev–Trinajstić information content (AvgIpc) is 2.74. The Hall–Kier alpha value is -3.40. The van der Waals surface area contributed by atoms with Crippen LogP contribution >= 0.6 is 0 Å². The molecule has 0 spiro atoms. The molecule has 2 heterocycles. The number of aromatic hydroxyl groups is 1. The molecule has 4 nitrogen and oxygen atoms in total. The Morgan fingerprint density at radius 3 is 2.46 bits per heavy atom. The van der Waals surface area contributed by atoms with Crippen molar-refractivity contribution in [2.45, 2.75) is 19.3 Å². The van der Waals surface area contributed by atoms with Gasteiger partial charge in [-0.05, 0) is 42.8 Å². The number of rotatable bonds is 5. The number of phenolic OH excluding ortho intramolecular Hbond substituents is 1. The molecule has 0 fully saturated rings. The first kappa shape index (κ1) is 18.0. The standard InChI is InChI=1S/C24H22N2O2/c1-16-6-7-18-10-13-21(24(27)23(18)26-16)22(15-19-5-3-4-14-25-19)17-8-11-20(28-2)12-9-17/h3-14,22,27H,15H2,1-2H3. The maximum Gasteiger partial charge on any atom is 0.145 e. The molecule has 1 unspecified atom stereocenters. The fraction of sp³-hybridized carbons (Fsp3) is 0.167. The Labute approximate surface area is 164 Å². The number of hydrogen-bond donors (Lipinski definition) is 1. The van der Waals surface area contributed by atoms with Gasteiger partial charge in [0.05, 0.1) is 7.11 Å². The number of aromatic nitrogens is 2. The van der Waals surface area contributed by atoms with E-state index in [0.717, 1.165) is 33.7 Å². The van der Waals surface area contributed by atoms with E-state index >= 15 is 0 Å². The first-order valence-corrected chi connectivity index (χ1v) is 9.29. The van der Waals surface area contributed by atoms with Crippen LogP contribution in [-0.2, 0) is 6.42 Å². The van der Waals surface area contributed by atoms with Crippen molar-refractivity contribution in [3.05, 3.63) is 95.4 Å². The van der Waals surface area contributed by atoms with Crippen LogP contribution in [0.2, 0.25) is 0 Å². The Kier molecular flexibility index (Phi) is 4.94. The van der Waals surface area contributed by atoms with Crippen LogP contribution in [0, 0.1) is 6.92 Å². The van der Waals surface area contributed by atoms with Crippen LogP contribution in [0.5, 0.6) is 11.5 Å². The molecule has 140 valence electrons. The molecule has 0 radical (unpaired) electrons. The van der Waals surface area contributed by atoms with Gasteiger partial charge in [0.2, 0.25) is 0 Å². The van der Waals surface area contributed by atoms with Crippen LogP contribution < -0.4 is 4.74 Å². The molecule has 0 aliphatic rings. The largest absolute Gasteiger partial charge is 0.505 e. The molecule has 4 heteroatoms. The van der Waals surface area contributed by atoms with Crippen molar-refractivity contribution >= 4 is 10.9 Å². The van der Waals surface area contributed by atoms with E-state index in [-0.39, 0.29) is 11.7 Å². The maximum absolute atomic E-state index is 11.1. The minimum absolute atomic E-state index is 0.0486. The molecule has 2 aromatic carbocycles. The van der Waals surface area contributed by atoms with E-state index in [0.29, 0.717) is 11.9 Å². The number of ether oxygens (including phenoxy) is 1. The highest BCUT2D eigenvalue weighted by Crippen LogP contribution is 2.38. The van der Waals surface area contributed by atoms with Crippen molar-refractivity contribution in [1.82, 2.24) is 9.97 Å². The van der Waals surface area contributed by atoms with Crippen molar-refractivity contribution in [2.75, 3.05) is 7.11 Å². The van der Waals surface area contributed by atoms with Crippen LogP contribution in [0.4, 0.5) is 0 Å². The van der Waals surface area contributed by atoms with E-state index in [9.17, 15) is 5.11 Å². The predicted octanol–water partition coefficient (Wildman–Crippen LogP) is 5.03. The van der Waals surface area contributed by atoms with E-state index in [4.69, 9.17) is 4.74 Å². The second-order valence-electron chi connectivity index (χ2n) is 6.88. The lowest BCUT2D eigenvalue weighted by Gasteiger charge is -2.20. The molecule has 0 saturated carbocycles. The monoisotopic (exact) mass is 370 g/mol. The third-order valence-corrected chi connectivity index (χ3v) is 5.04. The smallest absolute Gasteiger partial charge is 0.145 e. The van der Waals surface area contributed by atoms with Crippen LogP contribution in [0.1, 0.15) is 28.4 Å². The number of phenols is 1. The van der Waals surface area contributed by atoms with Crippen molar-refractivity contribution in [3.63, 3.8) is 0 Å². The first-order valence-electron chi connectivity index (χ1n) is 9.29. The van der Waals surface area contributed by atoms with Crippen LogP contribution in [0.25, 0.3) is 10.9 Å². The van der Waals surface area contributed by atoms with Gasteiger partial charge in [-0.3, -0.25) is 4.98 Å². The van der Waals surface area contributed by atoms with E-state index < -0.39 is 0 Å². The van der Waals surface area contributed by atoms with Gasteiger partial charge in [-0.15, -0.1) is 0 Å². The number of methoxy groups -OCH3 is 1. The molecule has 0 aliphatic heterocycles. The van der Waals surface area contributed by atoms with Gasteiger partial charge >= 0.3 is 0 Å². The highest BCUT2D eigenvalue weighted by Gasteiger charge is 2.21. The third-order valence-electron chi connectivity index (χ3n) is 5.04. The minimum Gasteiger partial charge on any atom is -0.505 e. The molecular formula is C24H22N2O2. The zero-order valence-corrected chi connectivity index (χ0v) is 16.0. The summed E-state index contributed by atoms with van der Waals surface area (Å²) in [4.78, 5) is 9.05. The predicted molar refractivity (Wildman–Crippen MR) is 111 cm³/mol. The van der Waals surface area contributed by atoms with Gasteiger partial charge in [0.15, 0.2) is 0 Å². The van der Waals surface area contributed by atoms with Crippen molar-refractivity contribution in [2.24, 2.45) is 0 Å². The minimum atomic E-state index is -0.0486. The molecule has 1 atom stereocenters. The number of fused-ring (bicyclic) bond motifs is 1. The van der Waals surface area contributed by atoms with E-state index in [2.05, 4.69) is 9.97 Å². The highest BCUT2D eigenvalue weighted by atomic mass is 16.5. The lowest BCUT2D eigenvalue weighted by molar-refractivity contribution is 0.414. The van der Waals surface area contributed by atoms with E-state index in [1.165, 1.54) is 0 Å². The molecule has 4 aromatic rings. The summed E-state index contributed by atoms with van der Waals surface area (Å²) >= 11 is 0. The van der Waals surface area contributed by atoms with Crippen molar-refractivity contribution in [3.8, 4) is 11.5 Å². The zero-order valence-electron chi connectivity index (χ0n) is 16.0. The Morgan fingerprint density at radius 2 is 1.75 bits per heavy atom. The van der Waals surface area contributed by atoms with Gasteiger partial charge in [-0.2, -0.15) is 0 Å². The summed E-state index contributed by atoms with van der Waals surface area (Å²) in [6.07, 6.45) is 2.48. The SMILES string of the molecule is COc1ccc(C(Cc2ccccn2)c2ccc3ccc(C)nc3c2O)cc1. The number of aryl methyl sites for hydroxylation is 1. The number of hydrogen-bond acceptors (Lipinski definition) is 4. The van der Waals surface area contributed by atoms with E-state index in [1.807, 2.05) is 73.7 Å². The van der Waals surface area contributed by atoms with Gasteiger partial charge in [0.1, 0.15) is 17.0 Å². The fourth-order valence-electron chi connectivity index (χ4n) is 3.54. The maximum atomic E-state index is 11.1. The topological polar surface area (TPSA) is 55.2 Å². The molecular weight excluding hydrogens is 348 g/mol. The van der Waals surface area contributed by atoms with Gasteiger partial charge < -0.3 is 9.84 Å². The lowest BCUT2D eigenvalue weighted by atomic mass is 9.86. The van der Waals surface area contributed by atoms with Crippen LogP contribution in [0.15, 0.2) is 72.9 Å². The summed E-state index contributed by atoms with van der Waals surface area (Å²) in [6.45, 7) is 1.93. The molecule has 0 bridgehead atoms. The normalized spacial score (nSPS) is 12.1. The Morgan fingerprint density at radius 1 is 0.964 bits per heavy atom. The van der Waals surface area contributed by atoms with Crippen LogP contribution in [0.3, 0.4) is 0 Å². The summed E-state index contributed by atoms with van der Waals surface area (Å²) < 4.78 is 5.30.